The number of oxazole rings is 1. The summed E-state index contributed by atoms with van der Waals surface area (Å²) in [5.41, 5.74) is 0. The smallest absolute Gasteiger partial charge is 0.223 e. The summed E-state index contributed by atoms with van der Waals surface area (Å²) in [6.45, 7) is 2.43. The molecule has 1 saturated heterocycles. The molecule has 1 fully saturated rings. The van der Waals surface area contributed by atoms with Gasteiger partial charge in [-0.1, -0.05) is 0 Å². The molecule has 13 heavy (non-hydrogen) atoms. The van der Waals surface area contributed by atoms with Crippen LogP contribution in [0.4, 0.5) is 0 Å². The summed E-state index contributed by atoms with van der Waals surface area (Å²) >= 11 is 0. The number of nitrogens with zero attached hydrogens (tertiary/aromatic N) is 1. The SMILES string of the molecule is CC(O)c1cnc(C2CCCO2)o1. The van der Waals surface area contributed by atoms with Gasteiger partial charge in [0, 0.05) is 6.61 Å². The van der Waals surface area contributed by atoms with E-state index in [0.717, 1.165) is 19.4 Å². The van der Waals surface area contributed by atoms with Crippen LogP contribution in [0.3, 0.4) is 0 Å². The Hall–Kier alpha value is -0.870. The van der Waals surface area contributed by atoms with Crippen molar-refractivity contribution in [1.29, 1.82) is 0 Å². The van der Waals surface area contributed by atoms with Crippen LogP contribution in [0.5, 0.6) is 0 Å². The van der Waals surface area contributed by atoms with Crippen molar-refractivity contribution >= 4 is 0 Å². The monoisotopic (exact) mass is 183 g/mol. The molecule has 0 aromatic carbocycles. The van der Waals surface area contributed by atoms with E-state index in [4.69, 9.17) is 9.15 Å². The highest BCUT2D eigenvalue weighted by Crippen LogP contribution is 2.28. The van der Waals surface area contributed by atoms with Crippen LogP contribution in [0, 0.1) is 0 Å². The predicted octanol–water partition coefficient (Wildman–Crippen LogP) is 1.58. The largest absolute Gasteiger partial charge is 0.440 e. The van der Waals surface area contributed by atoms with Gasteiger partial charge in [0.15, 0.2) is 5.76 Å². The minimum Gasteiger partial charge on any atom is -0.440 e. The lowest BCUT2D eigenvalue weighted by Gasteiger charge is -2.03. The molecule has 0 saturated carbocycles. The first-order chi connectivity index (χ1) is 6.27. The average Bonchev–Trinajstić information content (AvgIpc) is 2.75. The molecule has 1 aromatic rings. The summed E-state index contributed by atoms with van der Waals surface area (Å²) in [5, 5.41) is 9.21. The van der Waals surface area contributed by atoms with Crippen LogP contribution in [0.2, 0.25) is 0 Å². The Bertz CT molecular complexity index is 276. The minimum atomic E-state index is -0.595. The number of aromatic nitrogens is 1. The Morgan fingerprint density at radius 3 is 3.08 bits per heavy atom. The van der Waals surface area contributed by atoms with Crippen molar-refractivity contribution in [2.24, 2.45) is 0 Å². The fourth-order valence-electron chi connectivity index (χ4n) is 1.42. The molecule has 1 N–H and O–H groups in total. The molecule has 0 aliphatic carbocycles. The molecule has 0 radical (unpaired) electrons. The molecule has 1 aromatic heterocycles. The Kier molecular flexibility index (Phi) is 2.33. The van der Waals surface area contributed by atoms with E-state index in [1.54, 1.807) is 13.1 Å². The first-order valence-electron chi connectivity index (χ1n) is 4.52. The van der Waals surface area contributed by atoms with Crippen LogP contribution >= 0.6 is 0 Å². The maximum Gasteiger partial charge on any atom is 0.223 e. The molecule has 2 heterocycles. The molecule has 0 bridgehead atoms. The fourth-order valence-corrected chi connectivity index (χ4v) is 1.42. The molecule has 1 aliphatic heterocycles. The Balaban J connectivity index is 2.12. The van der Waals surface area contributed by atoms with Crippen LogP contribution in [0.1, 0.15) is 43.6 Å². The second-order valence-electron chi connectivity index (χ2n) is 3.28. The quantitative estimate of drug-likeness (QED) is 0.756. The summed E-state index contributed by atoms with van der Waals surface area (Å²) in [6.07, 6.45) is 2.97. The van der Waals surface area contributed by atoms with Crippen molar-refractivity contribution in [3.63, 3.8) is 0 Å². The van der Waals surface area contributed by atoms with E-state index in [1.807, 2.05) is 0 Å². The second kappa shape index (κ2) is 3.47. The highest BCUT2D eigenvalue weighted by molar-refractivity contribution is 4.99. The van der Waals surface area contributed by atoms with Crippen LogP contribution in [0.25, 0.3) is 0 Å². The van der Waals surface area contributed by atoms with Gasteiger partial charge in [-0.15, -0.1) is 0 Å². The molecule has 1 aliphatic rings. The maximum absolute atomic E-state index is 9.21. The van der Waals surface area contributed by atoms with Crippen molar-refractivity contribution in [1.82, 2.24) is 4.98 Å². The Morgan fingerprint density at radius 1 is 1.69 bits per heavy atom. The highest BCUT2D eigenvalue weighted by atomic mass is 16.5. The number of aliphatic hydroxyl groups is 1. The minimum absolute atomic E-state index is 0.00694. The number of rotatable bonds is 2. The summed E-state index contributed by atoms with van der Waals surface area (Å²) in [5.74, 6) is 1.10. The van der Waals surface area contributed by atoms with E-state index in [9.17, 15) is 5.11 Å². The third-order valence-electron chi connectivity index (χ3n) is 2.16. The summed E-state index contributed by atoms with van der Waals surface area (Å²) in [7, 11) is 0. The summed E-state index contributed by atoms with van der Waals surface area (Å²) in [4.78, 5) is 4.07. The van der Waals surface area contributed by atoms with E-state index in [-0.39, 0.29) is 6.10 Å². The van der Waals surface area contributed by atoms with Crippen molar-refractivity contribution < 1.29 is 14.3 Å². The topological polar surface area (TPSA) is 55.5 Å². The van der Waals surface area contributed by atoms with Gasteiger partial charge in [0.05, 0.1) is 6.20 Å². The van der Waals surface area contributed by atoms with E-state index in [2.05, 4.69) is 4.98 Å². The first-order valence-corrected chi connectivity index (χ1v) is 4.52. The van der Waals surface area contributed by atoms with Crippen molar-refractivity contribution in [3.8, 4) is 0 Å². The predicted molar refractivity (Wildman–Crippen MR) is 45.1 cm³/mol. The van der Waals surface area contributed by atoms with Gasteiger partial charge in [-0.05, 0) is 19.8 Å². The molecule has 72 valence electrons. The molecule has 2 atom stereocenters. The van der Waals surface area contributed by atoms with Crippen LogP contribution in [-0.2, 0) is 4.74 Å². The number of aliphatic hydroxyl groups excluding tert-OH is 1. The van der Waals surface area contributed by atoms with E-state index < -0.39 is 6.10 Å². The zero-order valence-corrected chi connectivity index (χ0v) is 7.56. The van der Waals surface area contributed by atoms with Gasteiger partial charge in [0.25, 0.3) is 0 Å². The van der Waals surface area contributed by atoms with E-state index in [1.165, 1.54) is 0 Å². The third-order valence-corrected chi connectivity index (χ3v) is 2.16. The summed E-state index contributed by atoms with van der Waals surface area (Å²) < 4.78 is 10.7. The van der Waals surface area contributed by atoms with Crippen molar-refractivity contribution in [2.75, 3.05) is 6.61 Å². The van der Waals surface area contributed by atoms with E-state index >= 15 is 0 Å². The molecular formula is C9H13NO3. The molecule has 4 heteroatoms. The van der Waals surface area contributed by atoms with Gasteiger partial charge >= 0.3 is 0 Å². The standard InChI is InChI=1S/C9H13NO3/c1-6(11)8-5-10-9(13-8)7-3-2-4-12-7/h5-7,11H,2-4H2,1H3. The molecule has 4 nitrogen and oxygen atoms in total. The lowest BCUT2D eigenvalue weighted by Crippen LogP contribution is -1.95. The molecule has 2 unspecified atom stereocenters. The van der Waals surface area contributed by atoms with Crippen molar-refractivity contribution in [3.05, 3.63) is 17.8 Å². The van der Waals surface area contributed by atoms with Crippen LogP contribution in [-0.4, -0.2) is 16.7 Å². The number of ether oxygens (including phenoxy) is 1. The van der Waals surface area contributed by atoms with Gasteiger partial charge < -0.3 is 14.3 Å². The molecule has 2 rings (SSSR count). The Morgan fingerprint density at radius 2 is 2.54 bits per heavy atom. The van der Waals surface area contributed by atoms with Crippen molar-refractivity contribution in [2.45, 2.75) is 32.0 Å². The van der Waals surface area contributed by atoms with E-state index in [0.29, 0.717) is 11.7 Å². The van der Waals surface area contributed by atoms with Gasteiger partial charge in [-0.2, -0.15) is 0 Å². The summed E-state index contributed by atoms with van der Waals surface area (Å²) in [6, 6.07) is 0. The molecule has 0 amide bonds. The second-order valence-corrected chi connectivity index (χ2v) is 3.28. The maximum atomic E-state index is 9.21. The number of hydrogen-bond donors (Lipinski definition) is 1. The number of hydrogen-bond acceptors (Lipinski definition) is 4. The lowest BCUT2D eigenvalue weighted by atomic mass is 10.2. The van der Waals surface area contributed by atoms with Gasteiger partial charge in [0.1, 0.15) is 12.2 Å². The van der Waals surface area contributed by atoms with Crippen LogP contribution in [0.15, 0.2) is 10.6 Å². The van der Waals surface area contributed by atoms with Crippen LogP contribution < -0.4 is 0 Å². The molecule has 0 spiro atoms. The normalized spacial score (nSPS) is 24.9. The third kappa shape index (κ3) is 1.73. The van der Waals surface area contributed by atoms with Gasteiger partial charge in [-0.25, -0.2) is 4.98 Å². The zero-order valence-electron chi connectivity index (χ0n) is 7.56. The average molecular weight is 183 g/mol. The fraction of sp³-hybridized carbons (Fsp3) is 0.667. The molecular weight excluding hydrogens is 170 g/mol. The first kappa shape index (κ1) is 8.72. The van der Waals surface area contributed by atoms with Gasteiger partial charge in [0.2, 0.25) is 5.89 Å². The highest BCUT2D eigenvalue weighted by Gasteiger charge is 2.23. The zero-order chi connectivity index (χ0) is 9.26. The lowest BCUT2D eigenvalue weighted by molar-refractivity contribution is 0.0831. The Labute approximate surface area is 76.5 Å². The van der Waals surface area contributed by atoms with Gasteiger partial charge in [-0.3, -0.25) is 0 Å².